The number of hydrogen-bond donors (Lipinski definition) is 1. The van der Waals surface area contributed by atoms with Gasteiger partial charge >= 0.3 is 0 Å². The Morgan fingerprint density at radius 1 is 0.815 bits per heavy atom. The van der Waals surface area contributed by atoms with E-state index in [2.05, 4.69) is 50.3 Å². The van der Waals surface area contributed by atoms with Crippen LogP contribution in [-0.4, -0.2) is 27.0 Å². The first-order valence-corrected chi connectivity index (χ1v) is 8.65. The van der Waals surface area contributed by atoms with E-state index in [1.165, 1.54) is 6.33 Å². The van der Waals surface area contributed by atoms with Crippen LogP contribution >= 0.6 is 0 Å². The number of benzene rings is 2. The van der Waals surface area contributed by atoms with Gasteiger partial charge in [-0.25, -0.2) is 15.0 Å². The average Bonchev–Trinajstić information content (AvgIpc) is 3.17. The minimum Gasteiger partial charge on any atom is -0.480 e. The van der Waals surface area contributed by atoms with Gasteiger partial charge in [-0.05, 0) is 29.3 Å². The van der Waals surface area contributed by atoms with Crippen molar-refractivity contribution in [1.29, 1.82) is 0 Å². The molecule has 5 aromatic rings. The van der Waals surface area contributed by atoms with Crippen LogP contribution in [-0.2, 0) is 0 Å². The van der Waals surface area contributed by atoms with E-state index in [1.807, 2.05) is 36.7 Å². The molecule has 0 saturated carbocycles. The Morgan fingerprint density at radius 3 is 2.52 bits per heavy atom. The van der Waals surface area contributed by atoms with E-state index in [1.54, 1.807) is 7.11 Å². The van der Waals surface area contributed by atoms with Crippen LogP contribution in [0.1, 0.15) is 0 Å². The van der Waals surface area contributed by atoms with Crippen molar-refractivity contribution in [2.75, 3.05) is 7.11 Å². The molecule has 0 bridgehead atoms. The zero-order valence-electron chi connectivity index (χ0n) is 14.7. The SMILES string of the molecule is COc1ncnc2ccc(-c3c[nH]c4ncc(-c5ccccc5)cc34)cc12. The number of fused-ring (bicyclic) bond motifs is 2. The van der Waals surface area contributed by atoms with Gasteiger partial charge in [-0.3, -0.25) is 0 Å². The summed E-state index contributed by atoms with van der Waals surface area (Å²) in [6.45, 7) is 0. The number of nitrogens with zero attached hydrogens (tertiary/aromatic N) is 3. The highest BCUT2D eigenvalue weighted by Crippen LogP contribution is 2.33. The number of pyridine rings is 1. The molecule has 0 atom stereocenters. The van der Waals surface area contributed by atoms with Crippen molar-refractivity contribution in [1.82, 2.24) is 19.9 Å². The summed E-state index contributed by atoms with van der Waals surface area (Å²) in [5, 5.41) is 1.96. The first kappa shape index (κ1) is 15.5. The minimum absolute atomic E-state index is 0.574. The van der Waals surface area contributed by atoms with Gasteiger partial charge in [0.1, 0.15) is 12.0 Å². The summed E-state index contributed by atoms with van der Waals surface area (Å²) >= 11 is 0. The van der Waals surface area contributed by atoms with Gasteiger partial charge < -0.3 is 9.72 Å². The van der Waals surface area contributed by atoms with Crippen molar-refractivity contribution in [2.24, 2.45) is 0 Å². The second-order valence-electron chi connectivity index (χ2n) is 6.30. The zero-order chi connectivity index (χ0) is 18.2. The van der Waals surface area contributed by atoms with E-state index in [0.717, 1.165) is 44.2 Å². The Hall–Kier alpha value is -3.73. The maximum absolute atomic E-state index is 5.39. The summed E-state index contributed by atoms with van der Waals surface area (Å²) in [5.41, 5.74) is 6.10. The Bertz CT molecular complexity index is 1260. The fraction of sp³-hybridized carbons (Fsp3) is 0.0455. The third-order valence-electron chi connectivity index (χ3n) is 4.74. The molecule has 0 spiro atoms. The van der Waals surface area contributed by atoms with Gasteiger partial charge in [0.05, 0.1) is 18.0 Å². The molecule has 27 heavy (non-hydrogen) atoms. The van der Waals surface area contributed by atoms with Crippen molar-refractivity contribution >= 4 is 21.9 Å². The Balaban J connectivity index is 1.70. The second-order valence-corrected chi connectivity index (χ2v) is 6.30. The molecular formula is C22H16N4O. The van der Waals surface area contributed by atoms with Gasteiger partial charge in [0, 0.05) is 28.9 Å². The Labute approximate surface area is 155 Å². The highest BCUT2D eigenvalue weighted by molar-refractivity contribution is 5.98. The smallest absolute Gasteiger partial charge is 0.224 e. The van der Waals surface area contributed by atoms with E-state index in [9.17, 15) is 0 Å². The predicted octanol–water partition coefficient (Wildman–Crippen LogP) is 4.85. The number of ether oxygens (including phenoxy) is 1. The summed E-state index contributed by atoms with van der Waals surface area (Å²) < 4.78 is 5.39. The van der Waals surface area contributed by atoms with Crippen molar-refractivity contribution in [3.8, 4) is 28.1 Å². The van der Waals surface area contributed by atoms with Crippen LogP contribution in [0.25, 0.3) is 44.2 Å². The van der Waals surface area contributed by atoms with E-state index in [-0.39, 0.29) is 0 Å². The molecule has 0 aliphatic carbocycles. The van der Waals surface area contributed by atoms with Crippen LogP contribution in [0.5, 0.6) is 5.88 Å². The molecule has 0 fully saturated rings. The number of H-pyrrole nitrogens is 1. The normalized spacial score (nSPS) is 11.1. The Morgan fingerprint density at radius 2 is 1.67 bits per heavy atom. The number of nitrogens with one attached hydrogen (secondary N) is 1. The number of rotatable bonds is 3. The molecule has 0 radical (unpaired) electrons. The lowest BCUT2D eigenvalue weighted by Crippen LogP contribution is -1.91. The number of aromatic amines is 1. The van der Waals surface area contributed by atoms with Crippen LogP contribution in [0, 0.1) is 0 Å². The van der Waals surface area contributed by atoms with Crippen LogP contribution in [0.3, 0.4) is 0 Å². The van der Waals surface area contributed by atoms with Crippen molar-refractivity contribution in [2.45, 2.75) is 0 Å². The molecule has 5 rings (SSSR count). The first-order valence-electron chi connectivity index (χ1n) is 8.65. The summed E-state index contributed by atoms with van der Waals surface area (Å²) in [6.07, 6.45) is 5.40. The lowest BCUT2D eigenvalue weighted by molar-refractivity contribution is 0.402. The van der Waals surface area contributed by atoms with Gasteiger partial charge in [0.25, 0.3) is 0 Å². The summed E-state index contributed by atoms with van der Waals surface area (Å²) in [5.74, 6) is 0.574. The second kappa shape index (κ2) is 6.21. The highest BCUT2D eigenvalue weighted by atomic mass is 16.5. The molecule has 5 nitrogen and oxygen atoms in total. The van der Waals surface area contributed by atoms with Crippen molar-refractivity contribution in [3.05, 3.63) is 73.3 Å². The van der Waals surface area contributed by atoms with Crippen molar-refractivity contribution < 1.29 is 4.74 Å². The monoisotopic (exact) mass is 352 g/mol. The lowest BCUT2D eigenvalue weighted by Gasteiger charge is -2.06. The molecule has 5 heteroatoms. The van der Waals surface area contributed by atoms with Gasteiger partial charge in [-0.15, -0.1) is 0 Å². The molecule has 0 aliphatic rings. The van der Waals surface area contributed by atoms with Crippen LogP contribution in [0.2, 0.25) is 0 Å². The number of methoxy groups -OCH3 is 1. The van der Waals surface area contributed by atoms with Crippen molar-refractivity contribution in [3.63, 3.8) is 0 Å². The summed E-state index contributed by atoms with van der Waals surface area (Å²) in [7, 11) is 1.62. The van der Waals surface area contributed by atoms with Gasteiger partial charge in [0.15, 0.2) is 0 Å². The first-order chi connectivity index (χ1) is 13.3. The van der Waals surface area contributed by atoms with E-state index >= 15 is 0 Å². The van der Waals surface area contributed by atoms with E-state index in [0.29, 0.717) is 5.88 Å². The maximum atomic E-state index is 5.39. The summed E-state index contributed by atoms with van der Waals surface area (Å²) in [4.78, 5) is 16.4. The lowest BCUT2D eigenvalue weighted by atomic mass is 10.0. The molecule has 3 aromatic heterocycles. The zero-order valence-corrected chi connectivity index (χ0v) is 14.7. The standard InChI is InChI=1S/C22H16N4O/c1-27-22-18-9-15(7-8-20(18)25-13-26-22)19-12-24-21-17(19)10-16(11-23-21)14-5-3-2-4-6-14/h2-13H,1H3,(H,23,24). The van der Waals surface area contributed by atoms with Crippen LogP contribution < -0.4 is 4.74 Å². The molecule has 0 unspecified atom stereocenters. The molecule has 0 amide bonds. The maximum Gasteiger partial charge on any atom is 0.224 e. The van der Waals surface area contributed by atoms with Crippen LogP contribution in [0.4, 0.5) is 0 Å². The number of hydrogen-bond acceptors (Lipinski definition) is 4. The minimum atomic E-state index is 0.574. The largest absolute Gasteiger partial charge is 0.480 e. The Kier molecular flexibility index (Phi) is 3.57. The quantitative estimate of drug-likeness (QED) is 0.504. The van der Waals surface area contributed by atoms with Gasteiger partial charge in [-0.2, -0.15) is 0 Å². The molecule has 0 saturated heterocycles. The molecule has 130 valence electrons. The van der Waals surface area contributed by atoms with E-state index < -0.39 is 0 Å². The van der Waals surface area contributed by atoms with Crippen LogP contribution in [0.15, 0.2) is 73.3 Å². The van der Waals surface area contributed by atoms with E-state index in [4.69, 9.17) is 4.74 Å². The molecule has 3 heterocycles. The van der Waals surface area contributed by atoms with Gasteiger partial charge in [-0.1, -0.05) is 36.4 Å². The predicted molar refractivity (Wildman–Crippen MR) is 107 cm³/mol. The third-order valence-corrected chi connectivity index (χ3v) is 4.74. The molecule has 0 aliphatic heterocycles. The summed E-state index contributed by atoms with van der Waals surface area (Å²) in [6, 6.07) is 18.6. The fourth-order valence-corrected chi connectivity index (χ4v) is 3.39. The average molecular weight is 352 g/mol. The fourth-order valence-electron chi connectivity index (χ4n) is 3.39. The topological polar surface area (TPSA) is 63.7 Å². The number of aromatic nitrogens is 4. The highest BCUT2D eigenvalue weighted by Gasteiger charge is 2.11. The molecule has 2 aromatic carbocycles. The third kappa shape index (κ3) is 2.60. The van der Waals surface area contributed by atoms with Gasteiger partial charge in [0.2, 0.25) is 5.88 Å². The molecular weight excluding hydrogens is 336 g/mol. The molecule has 1 N–H and O–H groups in total.